The number of rotatable bonds is 6. The zero-order chi connectivity index (χ0) is 17.6. The molecule has 5 nitrogen and oxygen atoms in total. The van der Waals surface area contributed by atoms with Crippen LogP contribution >= 0.6 is 0 Å². The van der Waals surface area contributed by atoms with Crippen LogP contribution in [0.2, 0.25) is 0 Å². The summed E-state index contributed by atoms with van der Waals surface area (Å²) < 4.78 is 10.7. The normalized spacial score (nSPS) is 21.5. The van der Waals surface area contributed by atoms with Gasteiger partial charge in [0.05, 0.1) is 20.3 Å². The number of piperidine rings is 1. The van der Waals surface area contributed by atoms with Gasteiger partial charge in [0.15, 0.2) is 0 Å². The minimum Gasteiger partial charge on any atom is -0.497 e. The van der Waals surface area contributed by atoms with Crippen LogP contribution in [0.3, 0.4) is 0 Å². The number of likely N-dealkylation sites (N-methyl/N-ethyl adjacent to an activating group) is 1. The Hall–Kier alpha value is -1.30. The highest BCUT2D eigenvalue weighted by molar-refractivity contribution is 5.49. The molecule has 25 heavy (non-hydrogen) atoms. The molecule has 2 aliphatic rings. The van der Waals surface area contributed by atoms with Gasteiger partial charge in [-0.05, 0) is 51.1 Å². The maximum Gasteiger partial charge on any atom is 0.119 e. The van der Waals surface area contributed by atoms with Crippen molar-refractivity contribution in [1.82, 2.24) is 9.80 Å². The van der Waals surface area contributed by atoms with Gasteiger partial charge in [-0.25, -0.2) is 0 Å². The first-order chi connectivity index (χ1) is 12.2. The average Bonchev–Trinajstić information content (AvgIpc) is 2.69. The van der Waals surface area contributed by atoms with E-state index >= 15 is 0 Å². The Kier molecular flexibility index (Phi) is 6.57. The van der Waals surface area contributed by atoms with Gasteiger partial charge >= 0.3 is 0 Å². The van der Waals surface area contributed by atoms with Crippen molar-refractivity contribution >= 4 is 5.69 Å². The molecular formula is C20H33N3O2. The second-order valence-electron chi connectivity index (χ2n) is 7.35. The van der Waals surface area contributed by atoms with Crippen molar-refractivity contribution in [3.63, 3.8) is 0 Å². The van der Waals surface area contributed by atoms with Crippen LogP contribution in [0.5, 0.6) is 5.75 Å². The summed E-state index contributed by atoms with van der Waals surface area (Å²) in [5.74, 6) is 0.926. The number of benzene rings is 1. The second-order valence-corrected chi connectivity index (χ2v) is 7.35. The molecule has 0 radical (unpaired) electrons. The van der Waals surface area contributed by atoms with Gasteiger partial charge in [-0.1, -0.05) is 0 Å². The maximum atomic E-state index is 5.47. The lowest BCUT2D eigenvalue weighted by atomic mass is 10.0. The minimum absolute atomic E-state index is 0.605. The fourth-order valence-electron chi connectivity index (χ4n) is 4.06. The lowest BCUT2D eigenvalue weighted by molar-refractivity contribution is 0.0106. The summed E-state index contributed by atoms with van der Waals surface area (Å²) in [4.78, 5) is 7.63. The molecule has 140 valence electrons. The number of ether oxygens (including phenoxy) is 2. The number of nitrogens with zero attached hydrogens (tertiary/aromatic N) is 3. The number of hydrogen-bond donors (Lipinski definition) is 0. The first-order valence-corrected chi connectivity index (χ1v) is 9.58. The Morgan fingerprint density at radius 1 is 1.12 bits per heavy atom. The zero-order valence-corrected chi connectivity index (χ0v) is 16.0. The van der Waals surface area contributed by atoms with E-state index < -0.39 is 0 Å². The van der Waals surface area contributed by atoms with E-state index in [1.165, 1.54) is 18.5 Å². The summed E-state index contributed by atoms with van der Waals surface area (Å²) in [6.07, 6.45) is 2.47. The molecule has 0 spiro atoms. The van der Waals surface area contributed by atoms with Crippen molar-refractivity contribution in [2.45, 2.75) is 31.8 Å². The Morgan fingerprint density at radius 3 is 2.36 bits per heavy atom. The largest absolute Gasteiger partial charge is 0.497 e. The molecule has 2 aliphatic heterocycles. The lowest BCUT2D eigenvalue weighted by Gasteiger charge is -2.40. The molecule has 1 aromatic rings. The topological polar surface area (TPSA) is 28.2 Å². The van der Waals surface area contributed by atoms with Crippen molar-refractivity contribution < 1.29 is 9.47 Å². The summed E-state index contributed by atoms with van der Waals surface area (Å²) in [6, 6.07) is 9.74. The number of morpholine rings is 1. The van der Waals surface area contributed by atoms with E-state index in [4.69, 9.17) is 9.47 Å². The van der Waals surface area contributed by atoms with Crippen LogP contribution in [-0.4, -0.2) is 82.0 Å². The highest BCUT2D eigenvalue weighted by atomic mass is 16.5. The van der Waals surface area contributed by atoms with Gasteiger partial charge in [0.1, 0.15) is 5.75 Å². The highest BCUT2D eigenvalue weighted by Crippen LogP contribution is 2.24. The molecule has 0 N–H and O–H groups in total. The SMILES string of the molecule is COc1ccc(N2CCC(N(C)CC(C)N3CCOCC3)CC2)cc1. The van der Waals surface area contributed by atoms with E-state index in [9.17, 15) is 0 Å². The summed E-state index contributed by atoms with van der Waals surface area (Å²) >= 11 is 0. The van der Waals surface area contributed by atoms with Crippen LogP contribution in [0.1, 0.15) is 19.8 Å². The van der Waals surface area contributed by atoms with Crippen LogP contribution in [0, 0.1) is 0 Å². The maximum absolute atomic E-state index is 5.47. The Morgan fingerprint density at radius 2 is 1.76 bits per heavy atom. The third-order valence-corrected chi connectivity index (χ3v) is 5.75. The molecule has 0 aromatic heterocycles. The van der Waals surface area contributed by atoms with Crippen LogP contribution in [0.15, 0.2) is 24.3 Å². The van der Waals surface area contributed by atoms with E-state index in [1.807, 2.05) is 0 Å². The molecule has 5 heteroatoms. The molecule has 1 atom stereocenters. The van der Waals surface area contributed by atoms with Crippen molar-refractivity contribution in [2.24, 2.45) is 0 Å². The van der Waals surface area contributed by atoms with E-state index in [1.54, 1.807) is 7.11 Å². The predicted molar refractivity (Wildman–Crippen MR) is 103 cm³/mol. The van der Waals surface area contributed by atoms with Crippen molar-refractivity contribution in [1.29, 1.82) is 0 Å². The molecule has 3 rings (SSSR count). The molecule has 0 amide bonds. The summed E-state index contributed by atoms with van der Waals surface area (Å²) in [6.45, 7) is 9.68. The third kappa shape index (κ3) is 4.87. The van der Waals surface area contributed by atoms with Gasteiger partial charge in [0.2, 0.25) is 0 Å². The smallest absolute Gasteiger partial charge is 0.119 e. The molecule has 2 heterocycles. The Balaban J connectivity index is 1.45. The minimum atomic E-state index is 0.605. The van der Waals surface area contributed by atoms with Crippen molar-refractivity contribution in [3.05, 3.63) is 24.3 Å². The fraction of sp³-hybridized carbons (Fsp3) is 0.700. The van der Waals surface area contributed by atoms with Crippen LogP contribution in [0.25, 0.3) is 0 Å². The molecule has 2 fully saturated rings. The van der Waals surface area contributed by atoms with Gasteiger partial charge in [-0.2, -0.15) is 0 Å². The third-order valence-electron chi connectivity index (χ3n) is 5.75. The summed E-state index contributed by atoms with van der Waals surface area (Å²) in [5, 5.41) is 0. The van der Waals surface area contributed by atoms with E-state index in [2.05, 4.69) is 52.9 Å². The highest BCUT2D eigenvalue weighted by Gasteiger charge is 2.25. The van der Waals surface area contributed by atoms with Gasteiger partial charge in [-0.3, -0.25) is 4.90 Å². The van der Waals surface area contributed by atoms with Crippen LogP contribution < -0.4 is 9.64 Å². The van der Waals surface area contributed by atoms with Gasteiger partial charge < -0.3 is 19.3 Å². The van der Waals surface area contributed by atoms with Crippen molar-refractivity contribution in [2.75, 3.05) is 65.0 Å². The van der Waals surface area contributed by atoms with E-state index in [0.29, 0.717) is 12.1 Å². The van der Waals surface area contributed by atoms with Gasteiger partial charge in [0.25, 0.3) is 0 Å². The molecule has 1 aromatic carbocycles. The molecule has 1 unspecified atom stereocenters. The fourth-order valence-corrected chi connectivity index (χ4v) is 4.06. The Bertz CT molecular complexity index is 508. The lowest BCUT2D eigenvalue weighted by Crippen LogP contribution is -2.50. The zero-order valence-electron chi connectivity index (χ0n) is 16.0. The van der Waals surface area contributed by atoms with E-state index in [0.717, 1.165) is 51.7 Å². The monoisotopic (exact) mass is 347 g/mol. The number of methoxy groups -OCH3 is 1. The Labute approximate surface area is 152 Å². The van der Waals surface area contributed by atoms with Crippen LogP contribution in [0.4, 0.5) is 5.69 Å². The van der Waals surface area contributed by atoms with Gasteiger partial charge in [0, 0.05) is 50.5 Å². The quantitative estimate of drug-likeness (QED) is 0.787. The van der Waals surface area contributed by atoms with Gasteiger partial charge in [-0.15, -0.1) is 0 Å². The molecule has 0 aliphatic carbocycles. The molecule has 2 saturated heterocycles. The first-order valence-electron chi connectivity index (χ1n) is 9.58. The molecule has 0 saturated carbocycles. The molecule has 0 bridgehead atoms. The average molecular weight is 348 g/mol. The standard InChI is InChI=1S/C20H33N3O2/c1-17(22-12-14-25-15-13-22)16-21(2)18-8-10-23(11-9-18)19-4-6-20(24-3)7-5-19/h4-7,17-18H,8-16H2,1-3H3. The van der Waals surface area contributed by atoms with Crippen molar-refractivity contribution in [3.8, 4) is 5.75 Å². The second kappa shape index (κ2) is 8.88. The molecular weight excluding hydrogens is 314 g/mol. The summed E-state index contributed by atoms with van der Waals surface area (Å²) in [5.41, 5.74) is 1.31. The number of anilines is 1. The van der Waals surface area contributed by atoms with Crippen LogP contribution in [-0.2, 0) is 4.74 Å². The number of hydrogen-bond acceptors (Lipinski definition) is 5. The first kappa shape index (κ1) is 18.5. The summed E-state index contributed by atoms with van der Waals surface area (Å²) in [7, 11) is 4.01. The van der Waals surface area contributed by atoms with E-state index in [-0.39, 0.29) is 0 Å². The predicted octanol–water partition coefficient (Wildman–Crippen LogP) is 2.32.